The van der Waals surface area contributed by atoms with Gasteiger partial charge in [0.25, 0.3) is 0 Å². The van der Waals surface area contributed by atoms with Crippen molar-refractivity contribution in [3.05, 3.63) is 59.7 Å². The fourth-order valence-electron chi connectivity index (χ4n) is 2.65. The molecule has 0 bridgehead atoms. The summed E-state index contributed by atoms with van der Waals surface area (Å²) in [6, 6.07) is 15.6. The number of phenols is 1. The molecule has 2 rings (SSSR count). The monoisotopic (exact) mass is 285 g/mol. The molecule has 21 heavy (non-hydrogen) atoms. The molecule has 1 atom stereocenters. The third kappa shape index (κ3) is 4.50. The van der Waals surface area contributed by atoms with Crippen LogP contribution >= 0.6 is 0 Å². The van der Waals surface area contributed by atoms with Crippen LogP contribution in [0.2, 0.25) is 0 Å². The molecular formula is C18H23NO2. The van der Waals surface area contributed by atoms with Crippen molar-refractivity contribution in [1.82, 2.24) is 5.32 Å². The summed E-state index contributed by atoms with van der Waals surface area (Å²) < 4.78 is 5.44. The first kappa shape index (κ1) is 15.4. The Hall–Kier alpha value is -2.00. The molecule has 2 N–H and O–H groups in total. The quantitative estimate of drug-likeness (QED) is 0.821. The number of nitrogens with one attached hydrogen (secondary N) is 1. The zero-order valence-corrected chi connectivity index (χ0v) is 12.7. The number of rotatable bonds is 7. The van der Waals surface area contributed by atoms with Gasteiger partial charge in [-0.25, -0.2) is 0 Å². The van der Waals surface area contributed by atoms with E-state index in [-0.39, 0.29) is 0 Å². The molecule has 0 amide bonds. The number of benzene rings is 2. The van der Waals surface area contributed by atoms with Gasteiger partial charge in [0.05, 0.1) is 7.11 Å². The Labute approximate surface area is 126 Å². The lowest BCUT2D eigenvalue weighted by Crippen LogP contribution is -2.23. The number of aromatic hydroxyl groups is 1. The molecule has 0 aliphatic heterocycles. The van der Waals surface area contributed by atoms with Crippen molar-refractivity contribution in [3.8, 4) is 11.5 Å². The Morgan fingerprint density at radius 3 is 2.43 bits per heavy atom. The zero-order chi connectivity index (χ0) is 15.1. The molecule has 0 saturated heterocycles. The first-order valence-corrected chi connectivity index (χ1v) is 7.27. The molecule has 2 aromatic rings. The molecule has 0 heterocycles. The standard InChI is InChI=1S/C18H23NO2/c1-19-13-15(11-14-7-9-17(20)10-8-14)12-16-5-3-4-6-18(16)21-2/h3-10,15,19-20H,11-13H2,1-2H3. The van der Waals surface area contributed by atoms with Crippen LogP contribution in [0.25, 0.3) is 0 Å². The summed E-state index contributed by atoms with van der Waals surface area (Å²) >= 11 is 0. The van der Waals surface area contributed by atoms with E-state index in [1.165, 1.54) is 11.1 Å². The Bertz CT molecular complexity index is 551. The molecule has 0 spiro atoms. The lowest BCUT2D eigenvalue weighted by Gasteiger charge is -2.18. The summed E-state index contributed by atoms with van der Waals surface area (Å²) in [5, 5.41) is 12.6. The van der Waals surface area contributed by atoms with E-state index in [0.717, 1.165) is 25.1 Å². The van der Waals surface area contributed by atoms with E-state index >= 15 is 0 Å². The maximum atomic E-state index is 9.37. The van der Waals surface area contributed by atoms with Crippen LogP contribution in [0.3, 0.4) is 0 Å². The molecule has 2 aromatic carbocycles. The van der Waals surface area contributed by atoms with E-state index in [4.69, 9.17) is 4.74 Å². The first-order valence-electron chi connectivity index (χ1n) is 7.27. The minimum atomic E-state index is 0.314. The number of para-hydroxylation sites is 1. The molecule has 0 aliphatic carbocycles. The van der Waals surface area contributed by atoms with Gasteiger partial charge in [-0.15, -0.1) is 0 Å². The van der Waals surface area contributed by atoms with Gasteiger partial charge in [-0.05, 0) is 61.7 Å². The molecular weight excluding hydrogens is 262 g/mol. The smallest absolute Gasteiger partial charge is 0.122 e. The van der Waals surface area contributed by atoms with Crippen LogP contribution < -0.4 is 10.1 Å². The van der Waals surface area contributed by atoms with Crippen LogP contribution in [-0.4, -0.2) is 25.8 Å². The number of methoxy groups -OCH3 is 1. The highest BCUT2D eigenvalue weighted by molar-refractivity contribution is 5.34. The van der Waals surface area contributed by atoms with Crippen LogP contribution in [0.5, 0.6) is 11.5 Å². The van der Waals surface area contributed by atoms with Gasteiger partial charge in [0.15, 0.2) is 0 Å². The van der Waals surface area contributed by atoms with Crippen molar-refractivity contribution in [3.63, 3.8) is 0 Å². The number of ether oxygens (including phenoxy) is 1. The normalized spacial score (nSPS) is 12.1. The van der Waals surface area contributed by atoms with Gasteiger partial charge in [-0.1, -0.05) is 30.3 Å². The van der Waals surface area contributed by atoms with Crippen molar-refractivity contribution in [2.24, 2.45) is 5.92 Å². The maximum Gasteiger partial charge on any atom is 0.122 e. The van der Waals surface area contributed by atoms with E-state index < -0.39 is 0 Å². The highest BCUT2D eigenvalue weighted by Crippen LogP contribution is 2.23. The Morgan fingerprint density at radius 1 is 1.05 bits per heavy atom. The Kier molecular flexibility index (Phi) is 5.64. The topological polar surface area (TPSA) is 41.5 Å². The summed E-state index contributed by atoms with van der Waals surface area (Å²) in [5.74, 6) is 1.74. The highest BCUT2D eigenvalue weighted by Gasteiger charge is 2.13. The minimum absolute atomic E-state index is 0.314. The van der Waals surface area contributed by atoms with Crippen LogP contribution in [-0.2, 0) is 12.8 Å². The molecule has 0 saturated carbocycles. The zero-order valence-electron chi connectivity index (χ0n) is 12.7. The largest absolute Gasteiger partial charge is 0.508 e. The first-order chi connectivity index (χ1) is 10.2. The van der Waals surface area contributed by atoms with Crippen molar-refractivity contribution in [2.45, 2.75) is 12.8 Å². The van der Waals surface area contributed by atoms with Crippen LogP contribution in [0.15, 0.2) is 48.5 Å². The van der Waals surface area contributed by atoms with Gasteiger partial charge in [-0.3, -0.25) is 0 Å². The number of phenolic OH excluding ortho intramolecular Hbond substituents is 1. The minimum Gasteiger partial charge on any atom is -0.508 e. The molecule has 0 radical (unpaired) electrons. The average molecular weight is 285 g/mol. The number of hydrogen-bond acceptors (Lipinski definition) is 3. The van der Waals surface area contributed by atoms with Crippen molar-refractivity contribution in [2.75, 3.05) is 20.7 Å². The van der Waals surface area contributed by atoms with E-state index in [9.17, 15) is 5.11 Å². The van der Waals surface area contributed by atoms with Crippen molar-refractivity contribution >= 4 is 0 Å². The molecule has 3 heteroatoms. The van der Waals surface area contributed by atoms with Gasteiger partial charge in [0, 0.05) is 0 Å². The summed E-state index contributed by atoms with van der Waals surface area (Å²) in [7, 11) is 3.69. The van der Waals surface area contributed by atoms with Gasteiger partial charge in [0.1, 0.15) is 11.5 Å². The van der Waals surface area contributed by atoms with Gasteiger partial charge in [0.2, 0.25) is 0 Å². The highest BCUT2D eigenvalue weighted by atomic mass is 16.5. The second kappa shape index (κ2) is 7.70. The summed E-state index contributed by atoms with van der Waals surface area (Å²) in [6.07, 6.45) is 1.94. The van der Waals surface area contributed by atoms with Crippen LogP contribution in [0, 0.1) is 5.92 Å². The summed E-state index contributed by atoms with van der Waals surface area (Å²) in [4.78, 5) is 0. The average Bonchev–Trinajstić information content (AvgIpc) is 2.50. The molecule has 0 fully saturated rings. The summed E-state index contributed by atoms with van der Waals surface area (Å²) in [6.45, 7) is 0.943. The third-order valence-corrected chi connectivity index (χ3v) is 3.65. The third-order valence-electron chi connectivity index (χ3n) is 3.65. The molecule has 0 aliphatic rings. The SMILES string of the molecule is CNCC(Cc1ccc(O)cc1)Cc1ccccc1OC. The van der Waals surface area contributed by atoms with Gasteiger partial charge < -0.3 is 15.2 Å². The molecule has 0 aromatic heterocycles. The predicted octanol–water partition coefficient (Wildman–Crippen LogP) is 3.02. The summed E-state index contributed by atoms with van der Waals surface area (Å²) in [5.41, 5.74) is 2.47. The van der Waals surface area contributed by atoms with Crippen molar-refractivity contribution in [1.29, 1.82) is 0 Å². The Morgan fingerprint density at radius 2 is 1.76 bits per heavy atom. The van der Waals surface area contributed by atoms with Gasteiger partial charge in [-0.2, -0.15) is 0 Å². The second-order valence-corrected chi connectivity index (χ2v) is 5.31. The second-order valence-electron chi connectivity index (χ2n) is 5.31. The van der Waals surface area contributed by atoms with E-state index in [2.05, 4.69) is 17.4 Å². The van der Waals surface area contributed by atoms with E-state index in [0.29, 0.717) is 11.7 Å². The fourth-order valence-corrected chi connectivity index (χ4v) is 2.65. The molecule has 3 nitrogen and oxygen atoms in total. The predicted molar refractivity (Wildman–Crippen MR) is 85.9 cm³/mol. The van der Waals surface area contributed by atoms with Gasteiger partial charge >= 0.3 is 0 Å². The van der Waals surface area contributed by atoms with Crippen LogP contribution in [0.1, 0.15) is 11.1 Å². The van der Waals surface area contributed by atoms with E-state index in [1.54, 1.807) is 19.2 Å². The maximum absolute atomic E-state index is 9.37. The molecule has 1 unspecified atom stereocenters. The molecule has 112 valence electrons. The van der Waals surface area contributed by atoms with Crippen LogP contribution in [0.4, 0.5) is 0 Å². The number of hydrogen-bond donors (Lipinski definition) is 2. The lowest BCUT2D eigenvalue weighted by atomic mass is 9.92. The Balaban J connectivity index is 2.09. The fraction of sp³-hybridized carbons (Fsp3) is 0.333. The lowest BCUT2D eigenvalue weighted by molar-refractivity contribution is 0.401. The van der Waals surface area contributed by atoms with E-state index in [1.807, 2.05) is 31.3 Å². The van der Waals surface area contributed by atoms with Crippen molar-refractivity contribution < 1.29 is 9.84 Å².